The molecule has 0 aromatic heterocycles. The molecule has 0 spiro atoms. The van der Waals surface area contributed by atoms with Crippen molar-refractivity contribution in [2.45, 2.75) is 26.9 Å². The normalized spacial score (nSPS) is 11.4. The first-order valence-corrected chi connectivity index (χ1v) is 10.3. The van der Waals surface area contributed by atoms with Crippen LogP contribution in [-0.2, 0) is 14.3 Å². The summed E-state index contributed by atoms with van der Waals surface area (Å²) in [4.78, 5) is 25.7. The number of methoxy groups -OCH3 is 1. The molecule has 0 aliphatic carbocycles. The molecule has 1 amide bonds. The van der Waals surface area contributed by atoms with Gasteiger partial charge in [0.15, 0.2) is 6.61 Å². The molecule has 0 aliphatic heterocycles. The fourth-order valence-electron chi connectivity index (χ4n) is 3.34. The first kappa shape index (κ1) is 22.9. The summed E-state index contributed by atoms with van der Waals surface area (Å²) >= 11 is 0. The second-order valence-corrected chi connectivity index (χ2v) is 7.59. The van der Waals surface area contributed by atoms with E-state index < -0.39 is 18.0 Å². The van der Waals surface area contributed by atoms with E-state index in [4.69, 9.17) is 14.2 Å². The van der Waals surface area contributed by atoms with Crippen molar-refractivity contribution >= 4 is 17.6 Å². The SMILES string of the molecule is COc1ccc(C)cc1NC(=O)C(OC(=O)COc1cc(C)cc(C)c1)c1ccccc1. The lowest BCUT2D eigenvalue weighted by molar-refractivity contribution is -0.156. The Balaban J connectivity index is 1.75. The van der Waals surface area contributed by atoms with Gasteiger partial charge in [-0.3, -0.25) is 4.79 Å². The van der Waals surface area contributed by atoms with Crippen molar-refractivity contribution in [1.82, 2.24) is 0 Å². The third-order valence-corrected chi connectivity index (χ3v) is 4.75. The number of carbonyl (C=O) groups is 2. The molecule has 3 aromatic carbocycles. The Labute approximate surface area is 188 Å². The van der Waals surface area contributed by atoms with E-state index >= 15 is 0 Å². The molecule has 32 heavy (non-hydrogen) atoms. The summed E-state index contributed by atoms with van der Waals surface area (Å²) in [5.41, 5.74) is 4.07. The maximum Gasteiger partial charge on any atom is 0.345 e. The lowest BCUT2D eigenvalue weighted by Crippen LogP contribution is -2.28. The van der Waals surface area contributed by atoms with Crippen LogP contribution >= 0.6 is 0 Å². The predicted molar refractivity (Wildman–Crippen MR) is 123 cm³/mol. The van der Waals surface area contributed by atoms with E-state index in [1.165, 1.54) is 7.11 Å². The highest BCUT2D eigenvalue weighted by atomic mass is 16.6. The van der Waals surface area contributed by atoms with Gasteiger partial charge in [-0.2, -0.15) is 0 Å². The fraction of sp³-hybridized carbons (Fsp3) is 0.231. The zero-order chi connectivity index (χ0) is 23.1. The monoisotopic (exact) mass is 433 g/mol. The summed E-state index contributed by atoms with van der Waals surface area (Å²) in [7, 11) is 1.53. The number of hydrogen-bond acceptors (Lipinski definition) is 5. The minimum Gasteiger partial charge on any atom is -0.495 e. The van der Waals surface area contributed by atoms with Gasteiger partial charge in [0.05, 0.1) is 12.8 Å². The highest BCUT2D eigenvalue weighted by Crippen LogP contribution is 2.28. The first-order valence-electron chi connectivity index (χ1n) is 10.3. The van der Waals surface area contributed by atoms with E-state index in [9.17, 15) is 9.59 Å². The Bertz CT molecular complexity index is 1070. The lowest BCUT2D eigenvalue weighted by Gasteiger charge is -2.19. The standard InChI is InChI=1S/C26H27NO5/c1-17-10-11-23(30-4)22(15-17)27-26(29)25(20-8-6-5-7-9-20)32-24(28)16-31-21-13-18(2)12-19(3)14-21/h5-15,25H,16H2,1-4H3,(H,27,29). The number of esters is 1. The zero-order valence-electron chi connectivity index (χ0n) is 18.7. The van der Waals surface area contributed by atoms with Crippen LogP contribution in [0, 0.1) is 20.8 Å². The Kier molecular flexibility index (Phi) is 7.49. The van der Waals surface area contributed by atoms with Gasteiger partial charge in [-0.05, 0) is 61.7 Å². The maximum atomic E-state index is 13.1. The number of amides is 1. The molecule has 0 aliphatic rings. The van der Waals surface area contributed by atoms with Crippen LogP contribution in [0.3, 0.4) is 0 Å². The van der Waals surface area contributed by atoms with Crippen molar-refractivity contribution in [2.24, 2.45) is 0 Å². The molecule has 0 saturated carbocycles. The number of ether oxygens (including phenoxy) is 3. The predicted octanol–water partition coefficient (Wildman–Crippen LogP) is 4.92. The Morgan fingerprint density at radius 2 is 1.56 bits per heavy atom. The number of rotatable bonds is 8. The highest BCUT2D eigenvalue weighted by Gasteiger charge is 2.26. The molecule has 0 bridgehead atoms. The van der Waals surface area contributed by atoms with Crippen molar-refractivity contribution in [1.29, 1.82) is 0 Å². The minimum absolute atomic E-state index is 0.312. The van der Waals surface area contributed by atoms with Gasteiger partial charge < -0.3 is 19.5 Å². The van der Waals surface area contributed by atoms with Gasteiger partial charge in [0.25, 0.3) is 5.91 Å². The lowest BCUT2D eigenvalue weighted by atomic mass is 10.1. The molecule has 0 radical (unpaired) electrons. The van der Waals surface area contributed by atoms with Crippen LogP contribution in [0.2, 0.25) is 0 Å². The van der Waals surface area contributed by atoms with Gasteiger partial charge in [0, 0.05) is 5.56 Å². The summed E-state index contributed by atoms with van der Waals surface area (Å²) in [5, 5.41) is 2.81. The average Bonchev–Trinajstić information content (AvgIpc) is 2.76. The molecular weight excluding hydrogens is 406 g/mol. The van der Waals surface area contributed by atoms with Crippen LogP contribution in [0.1, 0.15) is 28.4 Å². The third kappa shape index (κ3) is 6.11. The number of benzene rings is 3. The van der Waals surface area contributed by atoms with Crippen LogP contribution in [0.4, 0.5) is 5.69 Å². The molecule has 1 atom stereocenters. The summed E-state index contributed by atoms with van der Waals surface area (Å²) in [6.07, 6.45) is -1.14. The number of carbonyl (C=O) groups excluding carboxylic acids is 2. The van der Waals surface area contributed by atoms with E-state index in [1.54, 1.807) is 36.4 Å². The Hall–Kier alpha value is -3.80. The van der Waals surface area contributed by atoms with Gasteiger partial charge >= 0.3 is 5.97 Å². The summed E-state index contributed by atoms with van der Waals surface area (Å²) in [6.45, 7) is 5.50. The van der Waals surface area contributed by atoms with Crippen LogP contribution in [0.25, 0.3) is 0 Å². The van der Waals surface area contributed by atoms with E-state index in [-0.39, 0.29) is 6.61 Å². The molecule has 0 heterocycles. The maximum absolute atomic E-state index is 13.1. The number of nitrogens with one attached hydrogen (secondary N) is 1. The minimum atomic E-state index is -1.14. The van der Waals surface area contributed by atoms with E-state index in [1.807, 2.05) is 51.1 Å². The van der Waals surface area contributed by atoms with Crippen LogP contribution < -0.4 is 14.8 Å². The van der Waals surface area contributed by atoms with E-state index in [2.05, 4.69) is 5.32 Å². The Morgan fingerprint density at radius 3 is 2.22 bits per heavy atom. The summed E-state index contributed by atoms with van der Waals surface area (Å²) < 4.78 is 16.5. The molecular formula is C26H27NO5. The van der Waals surface area contributed by atoms with Crippen molar-refractivity contribution < 1.29 is 23.8 Å². The molecule has 6 nitrogen and oxygen atoms in total. The molecule has 1 unspecified atom stereocenters. The van der Waals surface area contributed by atoms with E-state index in [0.29, 0.717) is 22.7 Å². The molecule has 3 rings (SSSR count). The molecule has 3 aromatic rings. The number of aryl methyl sites for hydroxylation is 3. The number of hydrogen-bond donors (Lipinski definition) is 1. The van der Waals surface area contributed by atoms with E-state index in [0.717, 1.165) is 16.7 Å². The number of anilines is 1. The fourth-order valence-corrected chi connectivity index (χ4v) is 3.34. The zero-order valence-corrected chi connectivity index (χ0v) is 18.7. The van der Waals surface area contributed by atoms with Gasteiger partial charge in [0.2, 0.25) is 6.10 Å². The first-order chi connectivity index (χ1) is 15.4. The van der Waals surface area contributed by atoms with Gasteiger partial charge in [-0.25, -0.2) is 4.79 Å². The average molecular weight is 434 g/mol. The van der Waals surface area contributed by atoms with Crippen molar-refractivity contribution in [3.05, 3.63) is 89.0 Å². The van der Waals surface area contributed by atoms with Crippen molar-refractivity contribution in [3.8, 4) is 11.5 Å². The van der Waals surface area contributed by atoms with Crippen LogP contribution in [0.5, 0.6) is 11.5 Å². The molecule has 166 valence electrons. The van der Waals surface area contributed by atoms with Crippen molar-refractivity contribution in [3.63, 3.8) is 0 Å². The second-order valence-electron chi connectivity index (χ2n) is 7.59. The quantitative estimate of drug-likeness (QED) is 0.510. The van der Waals surface area contributed by atoms with Gasteiger partial charge in [-0.15, -0.1) is 0 Å². The van der Waals surface area contributed by atoms with Crippen molar-refractivity contribution in [2.75, 3.05) is 19.0 Å². The van der Waals surface area contributed by atoms with Crippen LogP contribution in [0.15, 0.2) is 66.7 Å². The topological polar surface area (TPSA) is 73.9 Å². The van der Waals surface area contributed by atoms with Crippen LogP contribution in [-0.4, -0.2) is 25.6 Å². The summed E-state index contributed by atoms with van der Waals surface area (Å²) in [6, 6.07) is 20.0. The largest absolute Gasteiger partial charge is 0.495 e. The highest BCUT2D eigenvalue weighted by molar-refractivity contribution is 5.97. The molecule has 1 N–H and O–H groups in total. The smallest absolute Gasteiger partial charge is 0.345 e. The molecule has 0 fully saturated rings. The summed E-state index contributed by atoms with van der Waals surface area (Å²) in [5.74, 6) is -0.0471. The Morgan fingerprint density at radius 1 is 0.875 bits per heavy atom. The molecule has 0 saturated heterocycles. The molecule has 6 heteroatoms. The van der Waals surface area contributed by atoms with Gasteiger partial charge in [-0.1, -0.05) is 42.5 Å². The second kappa shape index (κ2) is 10.5. The van der Waals surface area contributed by atoms with Gasteiger partial charge in [0.1, 0.15) is 11.5 Å². The third-order valence-electron chi connectivity index (χ3n) is 4.75.